The average molecular weight is 236 g/mol. The van der Waals surface area contributed by atoms with E-state index < -0.39 is 0 Å². The van der Waals surface area contributed by atoms with E-state index in [0.29, 0.717) is 0 Å². The summed E-state index contributed by atoms with van der Waals surface area (Å²) in [5.41, 5.74) is 8.92. The molecular formula is C18H20. The molecule has 0 fully saturated rings. The minimum atomic E-state index is 1.16. The summed E-state index contributed by atoms with van der Waals surface area (Å²) in [5, 5.41) is 0. The zero-order chi connectivity index (χ0) is 12.5. The molecule has 0 unspecified atom stereocenters. The van der Waals surface area contributed by atoms with E-state index >= 15 is 0 Å². The molecule has 2 aliphatic carbocycles. The maximum Gasteiger partial charge on any atom is -0.0236 e. The Morgan fingerprint density at radius 1 is 0.667 bits per heavy atom. The monoisotopic (exact) mass is 236 g/mol. The van der Waals surface area contributed by atoms with Crippen LogP contribution in [0.4, 0.5) is 0 Å². The van der Waals surface area contributed by atoms with Crippen molar-refractivity contribution in [2.45, 2.75) is 39.5 Å². The van der Waals surface area contributed by atoms with Crippen LogP contribution < -0.4 is 0 Å². The van der Waals surface area contributed by atoms with Crippen LogP contribution in [0.25, 0.3) is 0 Å². The lowest BCUT2D eigenvalue weighted by Crippen LogP contribution is -1.98. The fraction of sp³-hybridized carbons (Fsp3) is 0.333. The van der Waals surface area contributed by atoms with E-state index in [4.69, 9.17) is 0 Å². The van der Waals surface area contributed by atoms with Crippen LogP contribution in [0.1, 0.15) is 33.4 Å². The summed E-state index contributed by atoms with van der Waals surface area (Å²) in [6, 6.07) is 13.9. The third-order valence-electron chi connectivity index (χ3n) is 4.15. The summed E-state index contributed by atoms with van der Waals surface area (Å²) in [6.07, 6.45) is 4.65. The van der Waals surface area contributed by atoms with Crippen LogP contribution in [0, 0.1) is 13.8 Å². The van der Waals surface area contributed by atoms with Gasteiger partial charge in [0, 0.05) is 0 Å². The Labute approximate surface area is 110 Å². The SMILES string of the molecule is Cc1cc2c(C)cc1CCc1cccc(c1)CC2. The number of hydrogen-bond acceptors (Lipinski definition) is 0. The second-order valence-electron chi connectivity index (χ2n) is 5.53. The zero-order valence-electron chi connectivity index (χ0n) is 11.3. The van der Waals surface area contributed by atoms with Crippen molar-refractivity contribution in [2.75, 3.05) is 0 Å². The van der Waals surface area contributed by atoms with E-state index in [0.717, 1.165) is 25.7 Å². The second kappa shape index (κ2) is 4.61. The van der Waals surface area contributed by atoms with Gasteiger partial charge in [-0.3, -0.25) is 0 Å². The standard InChI is InChI=1S/C18H20/c1-13-10-18-9-7-16-5-3-4-15(12-16)6-8-17(13)11-14(18)2/h3-5,10-12H,6-9H2,1-2H3. The number of rotatable bonds is 0. The molecule has 2 aliphatic rings. The summed E-state index contributed by atoms with van der Waals surface area (Å²) in [4.78, 5) is 0. The molecule has 0 heterocycles. The molecule has 0 radical (unpaired) electrons. The van der Waals surface area contributed by atoms with Crippen LogP contribution in [0.15, 0.2) is 36.4 Å². The third-order valence-corrected chi connectivity index (χ3v) is 4.15. The Kier molecular flexibility index (Phi) is 2.95. The number of hydrogen-bond donors (Lipinski definition) is 0. The molecule has 2 aromatic rings. The smallest absolute Gasteiger partial charge is 0.0236 e. The van der Waals surface area contributed by atoms with Gasteiger partial charge in [-0.05, 0) is 72.9 Å². The highest BCUT2D eigenvalue weighted by Crippen LogP contribution is 2.21. The van der Waals surface area contributed by atoms with Gasteiger partial charge in [-0.2, -0.15) is 0 Å². The molecule has 0 aromatic heterocycles. The molecule has 0 atom stereocenters. The molecule has 0 saturated carbocycles. The average Bonchev–Trinajstić information content (AvgIpc) is 2.40. The first-order valence-electron chi connectivity index (χ1n) is 6.89. The summed E-state index contributed by atoms with van der Waals surface area (Å²) in [5.74, 6) is 0. The Morgan fingerprint density at radius 2 is 1.17 bits per heavy atom. The largest absolute Gasteiger partial charge is 0.0617 e. The highest BCUT2D eigenvalue weighted by Gasteiger charge is 2.08. The summed E-state index contributed by atoms with van der Waals surface area (Å²) in [7, 11) is 0. The molecular weight excluding hydrogens is 216 g/mol. The van der Waals surface area contributed by atoms with Crippen molar-refractivity contribution in [3.05, 3.63) is 69.8 Å². The van der Waals surface area contributed by atoms with E-state index in [1.54, 1.807) is 0 Å². The van der Waals surface area contributed by atoms with E-state index in [9.17, 15) is 0 Å². The van der Waals surface area contributed by atoms with Crippen molar-refractivity contribution < 1.29 is 0 Å². The highest BCUT2D eigenvalue weighted by molar-refractivity contribution is 5.39. The lowest BCUT2D eigenvalue weighted by atomic mass is 9.95. The van der Waals surface area contributed by atoms with Crippen molar-refractivity contribution in [1.82, 2.24) is 0 Å². The third kappa shape index (κ3) is 2.20. The topological polar surface area (TPSA) is 0 Å². The maximum absolute atomic E-state index is 2.40. The van der Waals surface area contributed by atoms with Crippen LogP contribution in [-0.2, 0) is 25.7 Å². The molecule has 2 aromatic carbocycles. The van der Waals surface area contributed by atoms with Crippen LogP contribution in [0.5, 0.6) is 0 Å². The van der Waals surface area contributed by atoms with Crippen molar-refractivity contribution in [3.8, 4) is 0 Å². The molecule has 0 N–H and O–H groups in total. The van der Waals surface area contributed by atoms with Gasteiger partial charge in [0.2, 0.25) is 0 Å². The van der Waals surface area contributed by atoms with Crippen molar-refractivity contribution in [3.63, 3.8) is 0 Å². The fourth-order valence-electron chi connectivity index (χ4n) is 2.97. The van der Waals surface area contributed by atoms with Gasteiger partial charge in [0.1, 0.15) is 0 Å². The molecule has 4 rings (SSSR count). The molecule has 4 bridgehead atoms. The van der Waals surface area contributed by atoms with E-state index in [1.165, 1.54) is 33.4 Å². The van der Waals surface area contributed by atoms with Crippen LogP contribution in [0.2, 0.25) is 0 Å². The van der Waals surface area contributed by atoms with Crippen LogP contribution in [-0.4, -0.2) is 0 Å². The molecule has 92 valence electrons. The Bertz CT molecular complexity index is 530. The van der Waals surface area contributed by atoms with Gasteiger partial charge >= 0.3 is 0 Å². The number of fused-ring (bicyclic) bond motifs is 4. The van der Waals surface area contributed by atoms with Gasteiger partial charge < -0.3 is 0 Å². The predicted octanol–water partition coefficient (Wildman–Crippen LogP) is 4.19. The normalized spacial score (nSPS) is 14.3. The van der Waals surface area contributed by atoms with Gasteiger partial charge in [-0.1, -0.05) is 36.4 Å². The molecule has 0 nitrogen and oxygen atoms in total. The lowest BCUT2D eigenvalue weighted by Gasteiger charge is -2.11. The molecule has 0 saturated heterocycles. The lowest BCUT2D eigenvalue weighted by molar-refractivity contribution is 0.944. The molecule has 18 heavy (non-hydrogen) atoms. The van der Waals surface area contributed by atoms with Crippen LogP contribution in [0.3, 0.4) is 0 Å². The van der Waals surface area contributed by atoms with Crippen molar-refractivity contribution in [1.29, 1.82) is 0 Å². The first-order chi connectivity index (χ1) is 8.72. The Balaban J connectivity index is 2.07. The first kappa shape index (κ1) is 11.5. The first-order valence-corrected chi connectivity index (χ1v) is 6.89. The Hall–Kier alpha value is -1.56. The molecule has 0 heteroatoms. The minimum absolute atomic E-state index is 1.16. The van der Waals surface area contributed by atoms with E-state index in [2.05, 4.69) is 50.2 Å². The molecule has 0 spiro atoms. The second-order valence-corrected chi connectivity index (χ2v) is 5.53. The summed E-state index contributed by atoms with van der Waals surface area (Å²) < 4.78 is 0. The van der Waals surface area contributed by atoms with E-state index in [-0.39, 0.29) is 0 Å². The highest BCUT2D eigenvalue weighted by atomic mass is 14.1. The summed E-state index contributed by atoms with van der Waals surface area (Å²) in [6.45, 7) is 4.51. The maximum atomic E-state index is 2.40. The Morgan fingerprint density at radius 3 is 1.67 bits per heavy atom. The summed E-state index contributed by atoms with van der Waals surface area (Å²) >= 11 is 0. The quantitative estimate of drug-likeness (QED) is 0.643. The fourth-order valence-corrected chi connectivity index (χ4v) is 2.97. The minimum Gasteiger partial charge on any atom is -0.0617 e. The zero-order valence-corrected chi connectivity index (χ0v) is 11.3. The van der Waals surface area contributed by atoms with Gasteiger partial charge in [-0.25, -0.2) is 0 Å². The number of benzene rings is 2. The van der Waals surface area contributed by atoms with Gasteiger partial charge in [0.25, 0.3) is 0 Å². The van der Waals surface area contributed by atoms with Crippen molar-refractivity contribution >= 4 is 0 Å². The van der Waals surface area contributed by atoms with Crippen molar-refractivity contribution in [2.24, 2.45) is 0 Å². The molecule has 0 aliphatic heterocycles. The predicted molar refractivity (Wildman–Crippen MR) is 77.2 cm³/mol. The van der Waals surface area contributed by atoms with Gasteiger partial charge in [-0.15, -0.1) is 0 Å². The van der Waals surface area contributed by atoms with E-state index in [1.807, 2.05) is 0 Å². The number of aryl methyl sites for hydroxylation is 6. The van der Waals surface area contributed by atoms with Gasteiger partial charge in [0.05, 0.1) is 0 Å². The molecule has 0 amide bonds. The van der Waals surface area contributed by atoms with Crippen LogP contribution >= 0.6 is 0 Å². The van der Waals surface area contributed by atoms with Gasteiger partial charge in [0.15, 0.2) is 0 Å².